The van der Waals surface area contributed by atoms with Gasteiger partial charge < -0.3 is 10.0 Å². The monoisotopic (exact) mass is 212 g/mol. The Morgan fingerprint density at radius 3 is 2.80 bits per heavy atom. The Morgan fingerprint density at radius 1 is 1.60 bits per heavy atom. The topological polar surface area (TPSA) is 70.5 Å². The number of carbonyl (C=O) groups is 2. The highest BCUT2D eigenvalue weighted by atomic mass is 19.1. The number of amides is 1. The van der Waals surface area contributed by atoms with Crippen LogP contribution in [0.3, 0.4) is 0 Å². The molecule has 0 bridgehead atoms. The van der Waals surface area contributed by atoms with E-state index in [1.54, 1.807) is 0 Å². The lowest BCUT2D eigenvalue weighted by atomic mass is 10.3. The number of pyridine rings is 1. The molecule has 1 heterocycles. The maximum Gasteiger partial charge on any atom is 0.323 e. The van der Waals surface area contributed by atoms with Crippen LogP contribution in [0.25, 0.3) is 0 Å². The van der Waals surface area contributed by atoms with Gasteiger partial charge in [0, 0.05) is 13.2 Å². The first-order valence-corrected chi connectivity index (χ1v) is 4.10. The van der Waals surface area contributed by atoms with E-state index < -0.39 is 24.2 Å². The maximum atomic E-state index is 13.1. The van der Waals surface area contributed by atoms with Crippen LogP contribution in [-0.4, -0.2) is 40.5 Å². The van der Waals surface area contributed by atoms with Gasteiger partial charge in [-0.15, -0.1) is 0 Å². The Bertz CT molecular complexity index is 395. The minimum Gasteiger partial charge on any atom is -0.480 e. The van der Waals surface area contributed by atoms with Gasteiger partial charge in [-0.3, -0.25) is 9.59 Å². The molecule has 5 nitrogen and oxygen atoms in total. The van der Waals surface area contributed by atoms with E-state index in [9.17, 15) is 14.0 Å². The number of rotatable bonds is 3. The normalized spacial score (nSPS) is 9.73. The van der Waals surface area contributed by atoms with Crippen LogP contribution in [0, 0.1) is 5.82 Å². The van der Waals surface area contributed by atoms with Crippen molar-refractivity contribution in [2.45, 2.75) is 0 Å². The van der Waals surface area contributed by atoms with Crippen molar-refractivity contribution < 1.29 is 19.1 Å². The van der Waals surface area contributed by atoms with Crippen LogP contribution in [0.1, 0.15) is 10.5 Å². The van der Waals surface area contributed by atoms with Crippen LogP contribution in [0.2, 0.25) is 0 Å². The maximum absolute atomic E-state index is 13.1. The highest BCUT2D eigenvalue weighted by Crippen LogP contribution is 2.05. The molecular formula is C9H9FN2O3. The van der Waals surface area contributed by atoms with E-state index in [1.165, 1.54) is 19.3 Å². The number of hydrogen-bond donors (Lipinski definition) is 1. The lowest BCUT2D eigenvalue weighted by Crippen LogP contribution is -2.33. The number of aliphatic carboxylic acids is 1. The van der Waals surface area contributed by atoms with Crippen LogP contribution in [0.15, 0.2) is 18.3 Å². The van der Waals surface area contributed by atoms with Crippen molar-refractivity contribution in [2.24, 2.45) is 0 Å². The smallest absolute Gasteiger partial charge is 0.323 e. The summed E-state index contributed by atoms with van der Waals surface area (Å²) < 4.78 is 13.1. The van der Waals surface area contributed by atoms with Gasteiger partial charge in [-0.1, -0.05) is 0 Å². The van der Waals surface area contributed by atoms with Gasteiger partial charge in [0.1, 0.15) is 6.54 Å². The highest BCUT2D eigenvalue weighted by Gasteiger charge is 2.18. The Kier molecular flexibility index (Phi) is 3.33. The largest absolute Gasteiger partial charge is 0.480 e. The minimum absolute atomic E-state index is 0.374. The van der Waals surface area contributed by atoms with Gasteiger partial charge in [0.05, 0.1) is 0 Å². The second-order valence-electron chi connectivity index (χ2n) is 2.89. The van der Waals surface area contributed by atoms with E-state index in [0.717, 1.165) is 11.0 Å². The van der Waals surface area contributed by atoms with E-state index in [2.05, 4.69) is 4.98 Å². The molecule has 0 aliphatic heterocycles. The summed E-state index contributed by atoms with van der Waals surface area (Å²) in [6, 6.07) is 2.44. The molecule has 0 aliphatic rings. The summed E-state index contributed by atoms with van der Waals surface area (Å²) in [5.74, 6) is -2.68. The summed E-state index contributed by atoms with van der Waals surface area (Å²) in [5.41, 5.74) is -0.374. The molecule has 0 radical (unpaired) electrons. The lowest BCUT2D eigenvalue weighted by molar-refractivity contribution is -0.137. The fourth-order valence-corrected chi connectivity index (χ4v) is 0.999. The van der Waals surface area contributed by atoms with E-state index in [-0.39, 0.29) is 5.69 Å². The number of carbonyl (C=O) groups excluding carboxylic acids is 1. The molecule has 6 heteroatoms. The third kappa shape index (κ3) is 2.73. The third-order valence-electron chi connectivity index (χ3n) is 1.68. The number of carboxylic acids is 1. The molecule has 1 aromatic rings. The predicted octanol–water partition coefficient (Wildman–Crippen LogP) is 0.377. The average Bonchev–Trinajstić information content (AvgIpc) is 2.16. The second-order valence-corrected chi connectivity index (χ2v) is 2.89. The molecule has 15 heavy (non-hydrogen) atoms. The first-order chi connectivity index (χ1) is 7.02. The minimum atomic E-state index is -1.16. The molecule has 0 atom stereocenters. The predicted molar refractivity (Wildman–Crippen MR) is 48.8 cm³/mol. The van der Waals surface area contributed by atoms with Crippen molar-refractivity contribution in [3.05, 3.63) is 29.8 Å². The zero-order chi connectivity index (χ0) is 11.4. The van der Waals surface area contributed by atoms with Gasteiger partial charge in [0.15, 0.2) is 11.5 Å². The van der Waals surface area contributed by atoms with Crippen LogP contribution < -0.4 is 0 Å². The molecule has 0 spiro atoms. The van der Waals surface area contributed by atoms with Crippen LogP contribution in [0.5, 0.6) is 0 Å². The Labute approximate surface area is 85.2 Å². The summed E-state index contributed by atoms with van der Waals surface area (Å²) in [5, 5.41) is 8.44. The Morgan fingerprint density at radius 2 is 2.27 bits per heavy atom. The Balaban J connectivity index is 2.85. The summed E-state index contributed by atoms with van der Waals surface area (Å²) in [6.07, 6.45) is 1.27. The number of nitrogens with zero attached hydrogens (tertiary/aromatic N) is 2. The molecule has 0 saturated carbocycles. The van der Waals surface area contributed by atoms with Gasteiger partial charge >= 0.3 is 5.97 Å². The molecule has 1 amide bonds. The Hall–Kier alpha value is -1.98. The molecule has 1 aromatic heterocycles. The molecule has 0 fully saturated rings. The van der Waals surface area contributed by atoms with Crippen molar-refractivity contribution in [3.63, 3.8) is 0 Å². The fourth-order valence-electron chi connectivity index (χ4n) is 0.999. The van der Waals surface area contributed by atoms with Crippen molar-refractivity contribution in [3.8, 4) is 0 Å². The van der Waals surface area contributed by atoms with Gasteiger partial charge in [0.25, 0.3) is 5.91 Å². The molecule has 1 rings (SSSR count). The van der Waals surface area contributed by atoms with E-state index in [1.807, 2.05) is 0 Å². The highest BCUT2D eigenvalue weighted by molar-refractivity contribution is 5.94. The number of aromatic nitrogens is 1. The quantitative estimate of drug-likeness (QED) is 0.786. The fraction of sp³-hybridized carbons (Fsp3) is 0.222. The molecule has 0 unspecified atom stereocenters. The standard InChI is InChI=1S/C9H9FN2O3/c1-12(5-7(13)14)9(15)8-6(10)3-2-4-11-8/h2-4H,5H2,1H3,(H,13,14). The van der Waals surface area contributed by atoms with Crippen molar-refractivity contribution in [1.82, 2.24) is 9.88 Å². The SMILES string of the molecule is CN(CC(=O)O)C(=O)c1ncccc1F. The van der Waals surface area contributed by atoms with Crippen LogP contribution in [0.4, 0.5) is 4.39 Å². The summed E-state index contributed by atoms with van der Waals surface area (Å²) in [4.78, 5) is 26.2. The van der Waals surface area contributed by atoms with Gasteiger partial charge in [-0.2, -0.15) is 0 Å². The molecule has 0 aliphatic carbocycles. The van der Waals surface area contributed by atoms with E-state index in [0.29, 0.717) is 0 Å². The zero-order valence-corrected chi connectivity index (χ0v) is 7.98. The molecule has 80 valence electrons. The summed E-state index contributed by atoms with van der Waals surface area (Å²) in [6.45, 7) is -0.491. The third-order valence-corrected chi connectivity index (χ3v) is 1.68. The van der Waals surface area contributed by atoms with Crippen LogP contribution in [-0.2, 0) is 4.79 Å². The summed E-state index contributed by atoms with van der Waals surface area (Å²) in [7, 11) is 1.27. The molecule has 1 N–H and O–H groups in total. The van der Waals surface area contributed by atoms with Crippen molar-refractivity contribution >= 4 is 11.9 Å². The summed E-state index contributed by atoms with van der Waals surface area (Å²) >= 11 is 0. The first-order valence-electron chi connectivity index (χ1n) is 4.10. The van der Waals surface area contributed by atoms with E-state index >= 15 is 0 Å². The lowest BCUT2D eigenvalue weighted by Gasteiger charge is -2.13. The number of likely N-dealkylation sites (N-methyl/N-ethyl adjacent to an activating group) is 1. The first kappa shape index (κ1) is 11.1. The molecular weight excluding hydrogens is 203 g/mol. The van der Waals surface area contributed by atoms with Gasteiger partial charge in [-0.25, -0.2) is 9.37 Å². The van der Waals surface area contributed by atoms with Crippen molar-refractivity contribution in [2.75, 3.05) is 13.6 Å². The van der Waals surface area contributed by atoms with Gasteiger partial charge in [0.2, 0.25) is 0 Å². The van der Waals surface area contributed by atoms with Crippen LogP contribution >= 0.6 is 0 Å². The number of carboxylic acid groups (broad SMARTS) is 1. The number of halogens is 1. The van der Waals surface area contributed by atoms with Crippen molar-refractivity contribution in [1.29, 1.82) is 0 Å². The van der Waals surface area contributed by atoms with Gasteiger partial charge in [-0.05, 0) is 12.1 Å². The molecule has 0 aromatic carbocycles. The average molecular weight is 212 g/mol. The molecule has 0 saturated heterocycles. The van der Waals surface area contributed by atoms with E-state index in [4.69, 9.17) is 5.11 Å². The second kappa shape index (κ2) is 4.50. The zero-order valence-electron chi connectivity index (χ0n) is 7.98. The number of hydrogen-bond acceptors (Lipinski definition) is 3.